The average Bonchev–Trinajstić information content (AvgIpc) is 2.90. The number of benzene rings is 2. The number of aromatic nitrogens is 2. The SMILES string of the molecule is Cc1ccc(-n2[nH]c(C)c(N=Nc3ccc(CCO)cc3)c2=O)cc1. The molecule has 2 aromatic carbocycles. The van der Waals surface area contributed by atoms with Gasteiger partial charge in [0.05, 0.1) is 17.1 Å². The Morgan fingerprint density at radius 2 is 1.68 bits per heavy atom. The summed E-state index contributed by atoms with van der Waals surface area (Å²) in [7, 11) is 0. The molecule has 0 saturated heterocycles. The van der Waals surface area contributed by atoms with Crippen molar-refractivity contribution in [2.24, 2.45) is 10.2 Å². The lowest BCUT2D eigenvalue weighted by molar-refractivity contribution is 0.299. The van der Waals surface area contributed by atoms with Gasteiger partial charge in [0, 0.05) is 6.61 Å². The van der Waals surface area contributed by atoms with E-state index in [0.29, 0.717) is 23.5 Å². The van der Waals surface area contributed by atoms with Crippen molar-refractivity contribution in [2.75, 3.05) is 6.61 Å². The predicted octanol–water partition coefficient (Wildman–Crippen LogP) is 3.73. The zero-order chi connectivity index (χ0) is 17.8. The number of hydrogen-bond donors (Lipinski definition) is 2. The number of nitrogens with zero attached hydrogens (tertiary/aromatic N) is 3. The van der Waals surface area contributed by atoms with E-state index in [9.17, 15) is 4.79 Å². The topological polar surface area (TPSA) is 82.7 Å². The van der Waals surface area contributed by atoms with Crippen molar-refractivity contribution in [1.29, 1.82) is 0 Å². The van der Waals surface area contributed by atoms with Crippen LogP contribution in [0.15, 0.2) is 63.6 Å². The third-order valence-electron chi connectivity index (χ3n) is 3.93. The highest BCUT2D eigenvalue weighted by molar-refractivity contribution is 5.45. The Balaban J connectivity index is 1.88. The molecule has 0 unspecified atom stereocenters. The fraction of sp³-hybridized carbons (Fsp3) is 0.211. The normalized spacial score (nSPS) is 11.3. The van der Waals surface area contributed by atoms with Crippen LogP contribution >= 0.6 is 0 Å². The average molecular weight is 336 g/mol. The van der Waals surface area contributed by atoms with Gasteiger partial charge in [-0.25, -0.2) is 4.68 Å². The number of H-pyrrole nitrogens is 1. The third kappa shape index (κ3) is 3.75. The Labute approximate surface area is 145 Å². The molecule has 0 aliphatic carbocycles. The number of rotatable bonds is 5. The molecule has 3 rings (SSSR count). The molecule has 6 heteroatoms. The van der Waals surface area contributed by atoms with Gasteiger partial charge in [0.25, 0.3) is 5.56 Å². The largest absolute Gasteiger partial charge is 0.396 e. The van der Waals surface area contributed by atoms with E-state index in [1.165, 1.54) is 4.68 Å². The van der Waals surface area contributed by atoms with Gasteiger partial charge in [-0.05, 0) is 50.1 Å². The van der Waals surface area contributed by atoms with Crippen LogP contribution in [0.4, 0.5) is 11.4 Å². The van der Waals surface area contributed by atoms with E-state index in [2.05, 4.69) is 15.3 Å². The summed E-state index contributed by atoms with van der Waals surface area (Å²) in [6.07, 6.45) is 0.607. The quantitative estimate of drug-likeness (QED) is 0.696. The molecule has 0 fully saturated rings. The number of hydrogen-bond acceptors (Lipinski definition) is 4. The third-order valence-corrected chi connectivity index (χ3v) is 3.93. The van der Waals surface area contributed by atoms with Gasteiger partial charge in [0.1, 0.15) is 0 Å². The fourth-order valence-electron chi connectivity index (χ4n) is 2.50. The summed E-state index contributed by atoms with van der Waals surface area (Å²) >= 11 is 0. The first-order valence-corrected chi connectivity index (χ1v) is 8.08. The fourth-order valence-corrected chi connectivity index (χ4v) is 2.50. The number of azo groups is 1. The second-order valence-electron chi connectivity index (χ2n) is 5.90. The Morgan fingerprint density at radius 3 is 2.32 bits per heavy atom. The molecule has 0 saturated carbocycles. The lowest BCUT2D eigenvalue weighted by Gasteiger charge is -2.01. The first-order valence-electron chi connectivity index (χ1n) is 8.08. The van der Waals surface area contributed by atoms with Crippen LogP contribution in [0.25, 0.3) is 5.69 Å². The summed E-state index contributed by atoms with van der Waals surface area (Å²) in [4.78, 5) is 12.6. The Hall–Kier alpha value is -2.99. The monoisotopic (exact) mass is 336 g/mol. The Kier molecular flexibility index (Phi) is 4.90. The van der Waals surface area contributed by atoms with E-state index in [4.69, 9.17) is 5.11 Å². The summed E-state index contributed by atoms with van der Waals surface area (Å²) < 4.78 is 1.47. The van der Waals surface area contributed by atoms with Crippen molar-refractivity contribution in [3.63, 3.8) is 0 Å². The maximum Gasteiger partial charge on any atom is 0.299 e. The minimum atomic E-state index is -0.234. The maximum atomic E-state index is 12.6. The standard InChI is InChI=1S/C19H20N4O2/c1-13-3-9-17(10-4-13)23-19(25)18(14(2)22-23)21-20-16-7-5-15(6-8-16)11-12-24/h3-10,22,24H,11-12H2,1-2H3. The van der Waals surface area contributed by atoms with Crippen molar-refractivity contribution in [1.82, 2.24) is 9.78 Å². The zero-order valence-electron chi connectivity index (χ0n) is 14.2. The number of aliphatic hydroxyl groups is 1. The van der Waals surface area contributed by atoms with E-state index in [-0.39, 0.29) is 12.2 Å². The highest BCUT2D eigenvalue weighted by atomic mass is 16.3. The summed E-state index contributed by atoms with van der Waals surface area (Å²) in [5.41, 5.74) is 4.29. The molecule has 0 bridgehead atoms. The molecule has 6 nitrogen and oxygen atoms in total. The minimum absolute atomic E-state index is 0.113. The van der Waals surface area contributed by atoms with Crippen molar-refractivity contribution in [2.45, 2.75) is 20.3 Å². The molecular weight excluding hydrogens is 316 g/mol. The van der Waals surface area contributed by atoms with Crippen LogP contribution in [0.3, 0.4) is 0 Å². The highest BCUT2D eigenvalue weighted by Gasteiger charge is 2.11. The van der Waals surface area contributed by atoms with Crippen LogP contribution in [0.2, 0.25) is 0 Å². The molecule has 0 aliphatic rings. The number of aryl methyl sites for hydroxylation is 2. The van der Waals surface area contributed by atoms with E-state index < -0.39 is 0 Å². The van der Waals surface area contributed by atoms with Crippen LogP contribution in [0, 0.1) is 13.8 Å². The van der Waals surface area contributed by atoms with Gasteiger partial charge in [-0.3, -0.25) is 9.89 Å². The second kappa shape index (κ2) is 7.27. The smallest absolute Gasteiger partial charge is 0.299 e. The first kappa shape index (κ1) is 16.9. The molecule has 128 valence electrons. The molecular formula is C19H20N4O2. The van der Waals surface area contributed by atoms with E-state index in [1.54, 1.807) is 6.92 Å². The van der Waals surface area contributed by atoms with Gasteiger partial charge in [0.2, 0.25) is 0 Å². The Morgan fingerprint density at radius 1 is 1.00 bits per heavy atom. The van der Waals surface area contributed by atoms with E-state index >= 15 is 0 Å². The van der Waals surface area contributed by atoms with E-state index in [1.807, 2.05) is 55.5 Å². The summed E-state index contributed by atoms with van der Waals surface area (Å²) in [5, 5.41) is 20.2. The minimum Gasteiger partial charge on any atom is -0.396 e. The van der Waals surface area contributed by atoms with Gasteiger partial charge in [-0.1, -0.05) is 29.8 Å². The molecule has 0 radical (unpaired) electrons. The zero-order valence-corrected chi connectivity index (χ0v) is 14.2. The van der Waals surface area contributed by atoms with Gasteiger partial charge in [0.15, 0.2) is 5.69 Å². The lowest BCUT2D eigenvalue weighted by atomic mass is 10.1. The van der Waals surface area contributed by atoms with Gasteiger partial charge >= 0.3 is 0 Å². The number of aromatic amines is 1. The Bertz CT molecular complexity index is 935. The maximum absolute atomic E-state index is 12.6. The lowest BCUT2D eigenvalue weighted by Crippen LogP contribution is -2.13. The van der Waals surface area contributed by atoms with Crippen LogP contribution in [-0.2, 0) is 6.42 Å². The molecule has 0 atom stereocenters. The summed E-state index contributed by atoms with van der Waals surface area (Å²) in [6, 6.07) is 15.1. The number of aliphatic hydroxyl groups excluding tert-OH is 1. The first-order chi connectivity index (χ1) is 12.1. The van der Waals surface area contributed by atoms with Crippen molar-refractivity contribution >= 4 is 11.4 Å². The molecule has 0 amide bonds. The van der Waals surface area contributed by atoms with Gasteiger partial charge < -0.3 is 5.11 Å². The van der Waals surface area contributed by atoms with Crippen LogP contribution in [0.5, 0.6) is 0 Å². The summed E-state index contributed by atoms with van der Waals surface area (Å²) in [6.45, 7) is 3.91. The molecule has 3 aromatic rings. The highest BCUT2D eigenvalue weighted by Crippen LogP contribution is 2.19. The van der Waals surface area contributed by atoms with Crippen LogP contribution < -0.4 is 5.56 Å². The molecule has 2 N–H and O–H groups in total. The van der Waals surface area contributed by atoms with Crippen LogP contribution in [0.1, 0.15) is 16.8 Å². The molecule has 25 heavy (non-hydrogen) atoms. The van der Waals surface area contributed by atoms with Crippen molar-refractivity contribution in [3.05, 3.63) is 75.7 Å². The van der Waals surface area contributed by atoms with Crippen molar-refractivity contribution in [3.8, 4) is 5.69 Å². The molecule has 1 heterocycles. The van der Waals surface area contributed by atoms with E-state index in [0.717, 1.165) is 16.8 Å². The summed E-state index contributed by atoms with van der Waals surface area (Å²) in [5.74, 6) is 0. The predicted molar refractivity (Wildman–Crippen MR) is 97.3 cm³/mol. The molecule has 1 aromatic heterocycles. The molecule has 0 aliphatic heterocycles. The van der Waals surface area contributed by atoms with Gasteiger partial charge in [-0.15, -0.1) is 5.11 Å². The number of nitrogens with one attached hydrogen (secondary N) is 1. The second-order valence-corrected chi connectivity index (χ2v) is 5.90. The van der Waals surface area contributed by atoms with Crippen LogP contribution in [-0.4, -0.2) is 21.5 Å². The van der Waals surface area contributed by atoms with Crippen molar-refractivity contribution < 1.29 is 5.11 Å². The molecule has 0 spiro atoms. The van der Waals surface area contributed by atoms with Gasteiger partial charge in [-0.2, -0.15) is 5.11 Å².